The van der Waals surface area contributed by atoms with Gasteiger partial charge in [-0.3, -0.25) is 0 Å². The Hall–Kier alpha value is -2.28. The topological polar surface area (TPSA) is 85.9 Å². The van der Waals surface area contributed by atoms with Crippen LogP contribution in [0.5, 0.6) is 0 Å². The van der Waals surface area contributed by atoms with Crippen LogP contribution in [0.1, 0.15) is 39.2 Å². The van der Waals surface area contributed by atoms with Crippen LogP contribution in [0.25, 0.3) is 0 Å². The molecular weight excluding hydrogens is 336 g/mol. The van der Waals surface area contributed by atoms with Gasteiger partial charge in [0, 0.05) is 0 Å². The molecule has 4 atom stereocenters. The second-order valence-corrected chi connectivity index (χ2v) is 7.75. The molecule has 0 aromatic heterocycles. The Morgan fingerprint density at radius 3 is 2.15 bits per heavy atom. The predicted molar refractivity (Wildman–Crippen MR) is 94.6 cm³/mol. The van der Waals surface area contributed by atoms with Crippen LogP contribution in [0.15, 0.2) is 30.3 Å². The average molecular weight is 362 g/mol. The lowest BCUT2D eigenvalue weighted by molar-refractivity contribution is 0.0461. The molecule has 0 spiro atoms. The molecule has 142 valence electrons. The molecule has 0 unspecified atom stereocenters. The highest BCUT2D eigenvalue weighted by Gasteiger charge is 2.48. The molecule has 0 radical (unpaired) electrons. The molecule has 1 aromatic rings. The van der Waals surface area contributed by atoms with Gasteiger partial charge < -0.3 is 24.8 Å². The fourth-order valence-electron chi connectivity index (χ4n) is 3.34. The monoisotopic (exact) mass is 362 g/mol. The first-order valence-electron chi connectivity index (χ1n) is 8.92. The summed E-state index contributed by atoms with van der Waals surface area (Å²) in [5, 5.41) is 5.72. The van der Waals surface area contributed by atoms with Gasteiger partial charge in [-0.2, -0.15) is 0 Å². The highest BCUT2D eigenvalue weighted by Crippen LogP contribution is 2.35. The summed E-state index contributed by atoms with van der Waals surface area (Å²) >= 11 is 0. The molecule has 0 saturated carbocycles. The zero-order chi connectivity index (χ0) is 18.7. The number of fused-ring (bicyclic) bond motifs is 2. The predicted octanol–water partition coefficient (Wildman–Crippen LogP) is 2.74. The Morgan fingerprint density at radius 1 is 1.04 bits per heavy atom. The number of rotatable bonds is 4. The van der Waals surface area contributed by atoms with Crippen LogP contribution in [-0.4, -0.2) is 42.1 Å². The van der Waals surface area contributed by atoms with Gasteiger partial charge in [0.25, 0.3) is 0 Å². The first kappa shape index (κ1) is 18.5. The summed E-state index contributed by atoms with van der Waals surface area (Å²) in [5.41, 5.74) is 0.406. The van der Waals surface area contributed by atoms with E-state index < -0.39 is 17.8 Å². The summed E-state index contributed by atoms with van der Waals surface area (Å²) in [6.45, 7) is 5.71. The van der Waals surface area contributed by atoms with E-state index in [0.717, 1.165) is 5.56 Å². The third-order valence-corrected chi connectivity index (χ3v) is 4.44. The third kappa shape index (κ3) is 4.88. The standard InChI is InChI=1S/C19H26N2O5/c1-19(2,3)26-18(23)21-14-10-15-13(9-16(14)25-15)20-17(22)24-11-12-7-5-4-6-8-12/h4-8,13-16H,9-11H2,1-3H3,(H,20,22)(H,21,23)/t13-,14-,15+,16+/m0/s1. The zero-order valence-electron chi connectivity index (χ0n) is 15.4. The van der Waals surface area contributed by atoms with Gasteiger partial charge in [0.05, 0.1) is 24.3 Å². The molecule has 7 heteroatoms. The molecule has 0 aliphatic carbocycles. The van der Waals surface area contributed by atoms with Crippen LogP contribution in [-0.2, 0) is 20.8 Å². The van der Waals surface area contributed by atoms with E-state index in [9.17, 15) is 9.59 Å². The highest BCUT2D eigenvalue weighted by atomic mass is 16.6. The van der Waals surface area contributed by atoms with Crippen LogP contribution in [0.4, 0.5) is 9.59 Å². The Kier molecular flexibility index (Phi) is 5.36. The first-order valence-corrected chi connectivity index (χ1v) is 8.92. The maximum absolute atomic E-state index is 12.0. The molecule has 2 amide bonds. The Morgan fingerprint density at radius 2 is 1.62 bits per heavy atom. The number of hydrogen-bond acceptors (Lipinski definition) is 5. The lowest BCUT2D eigenvalue weighted by Crippen LogP contribution is -2.49. The Balaban J connectivity index is 1.41. The number of alkyl carbamates (subject to hydrolysis) is 2. The van der Waals surface area contributed by atoms with Crippen LogP contribution < -0.4 is 10.6 Å². The van der Waals surface area contributed by atoms with Crippen molar-refractivity contribution in [2.45, 2.75) is 70.1 Å². The van der Waals surface area contributed by atoms with Crippen LogP contribution in [0.3, 0.4) is 0 Å². The van der Waals surface area contributed by atoms with Gasteiger partial charge in [0.2, 0.25) is 0 Å². The van der Waals surface area contributed by atoms with Crippen LogP contribution >= 0.6 is 0 Å². The molecule has 2 fully saturated rings. The van der Waals surface area contributed by atoms with Gasteiger partial charge in [-0.15, -0.1) is 0 Å². The average Bonchev–Trinajstić information content (AvgIpc) is 3.12. The quantitative estimate of drug-likeness (QED) is 0.860. The van der Waals surface area contributed by atoms with Gasteiger partial charge in [0.15, 0.2) is 0 Å². The highest BCUT2D eigenvalue weighted by molar-refractivity contribution is 5.69. The Labute approximate surface area is 153 Å². The van der Waals surface area contributed by atoms with Crippen LogP contribution in [0.2, 0.25) is 0 Å². The number of nitrogens with one attached hydrogen (secondary N) is 2. The number of amides is 2. The minimum atomic E-state index is -0.533. The SMILES string of the molecule is CC(C)(C)OC(=O)N[C@H]1C[C@H]2O[C@@H]1C[C@@H]2NC(=O)OCc1ccccc1. The molecule has 2 N–H and O–H groups in total. The smallest absolute Gasteiger partial charge is 0.407 e. The molecule has 1 aromatic carbocycles. The van der Waals surface area contributed by atoms with Gasteiger partial charge in [-0.25, -0.2) is 9.59 Å². The summed E-state index contributed by atoms with van der Waals surface area (Å²) < 4.78 is 16.4. The van der Waals surface area contributed by atoms with Crippen LogP contribution in [0, 0.1) is 0 Å². The molecule has 2 bridgehead atoms. The van der Waals surface area contributed by atoms with Crippen molar-refractivity contribution in [1.29, 1.82) is 0 Å². The van der Waals surface area contributed by atoms with Crippen molar-refractivity contribution < 1.29 is 23.8 Å². The fraction of sp³-hybridized carbons (Fsp3) is 0.579. The fourth-order valence-corrected chi connectivity index (χ4v) is 3.34. The number of carbonyl (C=O) groups is 2. The van der Waals surface area contributed by atoms with Gasteiger partial charge >= 0.3 is 12.2 Å². The lowest BCUT2D eigenvalue weighted by atomic mass is 9.91. The summed E-state index contributed by atoms with van der Waals surface area (Å²) in [6.07, 6.45) is 0.160. The van der Waals surface area contributed by atoms with E-state index >= 15 is 0 Å². The number of carbonyl (C=O) groups excluding carboxylic acids is 2. The molecular formula is C19H26N2O5. The second-order valence-electron chi connectivity index (χ2n) is 7.75. The van der Waals surface area contributed by atoms with E-state index in [-0.39, 0.29) is 30.9 Å². The first-order chi connectivity index (χ1) is 12.3. The molecule has 2 aliphatic rings. The van der Waals surface area contributed by atoms with E-state index in [1.54, 1.807) is 0 Å². The van der Waals surface area contributed by atoms with Crippen molar-refractivity contribution in [3.05, 3.63) is 35.9 Å². The largest absolute Gasteiger partial charge is 0.445 e. The van der Waals surface area contributed by atoms with Crippen molar-refractivity contribution >= 4 is 12.2 Å². The van der Waals surface area contributed by atoms with Gasteiger partial charge in [-0.1, -0.05) is 30.3 Å². The van der Waals surface area contributed by atoms with Crippen molar-refractivity contribution in [1.82, 2.24) is 10.6 Å². The maximum atomic E-state index is 12.0. The van der Waals surface area contributed by atoms with E-state index in [1.807, 2.05) is 51.1 Å². The van der Waals surface area contributed by atoms with Crippen molar-refractivity contribution in [3.63, 3.8) is 0 Å². The van der Waals surface area contributed by atoms with Crippen molar-refractivity contribution in [3.8, 4) is 0 Å². The second kappa shape index (κ2) is 7.53. The summed E-state index contributed by atoms with van der Waals surface area (Å²) in [5.74, 6) is 0. The zero-order valence-corrected chi connectivity index (χ0v) is 15.4. The number of hydrogen-bond donors (Lipinski definition) is 2. The van der Waals surface area contributed by atoms with Crippen molar-refractivity contribution in [2.75, 3.05) is 0 Å². The molecule has 2 saturated heterocycles. The normalized spacial score (nSPS) is 27.0. The summed E-state index contributed by atoms with van der Waals surface area (Å²) in [4.78, 5) is 23.9. The van der Waals surface area contributed by atoms with Gasteiger partial charge in [-0.05, 0) is 39.2 Å². The van der Waals surface area contributed by atoms with Gasteiger partial charge in [0.1, 0.15) is 12.2 Å². The lowest BCUT2D eigenvalue weighted by Gasteiger charge is -2.27. The van der Waals surface area contributed by atoms with E-state index in [2.05, 4.69) is 10.6 Å². The number of ether oxygens (including phenoxy) is 3. The molecule has 2 heterocycles. The Bertz CT molecular complexity index is 643. The maximum Gasteiger partial charge on any atom is 0.407 e. The molecule has 26 heavy (non-hydrogen) atoms. The van der Waals surface area contributed by atoms with E-state index in [4.69, 9.17) is 14.2 Å². The molecule has 7 nitrogen and oxygen atoms in total. The third-order valence-electron chi connectivity index (χ3n) is 4.44. The van der Waals surface area contributed by atoms with E-state index in [1.165, 1.54) is 0 Å². The summed E-state index contributed by atoms with van der Waals surface area (Å²) in [6, 6.07) is 9.34. The minimum absolute atomic E-state index is 0.0896. The molecule has 3 rings (SSSR count). The number of benzene rings is 1. The minimum Gasteiger partial charge on any atom is -0.445 e. The molecule has 2 aliphatic heterocycles. The van der Waals surface area contributed by atoms with Crippen molar-refractivity contribution in [2.24, 2.45) is 0 Å². The van der Waals surface area contributed by atoms with E-state index in [0.29, 0.717) is 12.8 Å². The summed E-state index contributed by atoms with van der Waals surface area (Å²) in [7, 11) is 0.